The van der Waals surface area contributed by atoms with Crippen molar-refractivity contribution in [2.75, 3.05) is 7.11 Å². The van der Waals surface area contributed by atoms with Gasteiger partial charge in [0.1, 0.15) is 12.3 Å². The Morgan fingerprint density at radius 2 is 2.00 bits per heavy atom. The highest BCUT2D eigenvalue weighted by atomic mass is 32.2. The third-order valence-corrected chi connectivity index (χ3v) is 4.14. The van der Waals surface area contributed by atoms with Gasteiger partial charge in [0.05, 0.1) is 12.0 Å². The molecule has 1 unspecified atom stereocenters. The quantitative estimate of drug-likeness (QED) is 0.437. The molecule has 0 aliphatic heterocycles. The van der Waals surface area contributed by atoms with Gasteiger partial charge in [-0.3, -0.25) is 4.79 Å². The number of hydrogen-bond donors (Lipinski definition) is 1. The van der Waals surface area contributed by atoms with Crippen molar-refractivity contribution in [2.45, 2.75) is 30.2 Å². The minimum atomic E-state index is -3.79. The predicted molar refractivity (Wildman–Crippen MR) is 72.5 cm³/mol. The lowest BCUT2D eigenvalue weighted by molar-refractivity contribution is -0.142. The number of carbonyl (C=O) groups is 2. The van der Waals surface area contributed by atoms with E-state index in [1.807, 2.05) is 0 Å². The number of benzene rings is 1. The van der Waals surface area contributed by atoms with Gasteiger partial charge in [-0.1, -0.05) is 18.2 Å². The molecule has 0 aliphatic carbocycles. The van der Waals surface area contributed by atoms with Crippen molar-refractivity contribution in [1.29, 1.82) is 0 Å². The fraction of sp³-hybridized carbons (Fsp3) is 0.385. The number of esters is 1. The van der Waals surface area contributed by atoms with Crippen LogP contribution in [-0.2, 0) is 24.3 Å². The van der Waals surface area contributed by atoms with Crippen LogP contribution in [-0.4, -0.2) is 33.8 Å². The van der Waals surface area contributed by atoms with Gasteiger partial charge in [0.25, 0.3) is 0 Å². The molecule has 1 N–H and O–H groups in total. The zero-order valence-corrected chi connectivity index (χ0v) is 11.9. The summed E-state index contributed by atoms with van der Waals surface area (Å²) >= 11 is 0. The number of carbonyl (C=O) groups excluding carboxylic acids is 2. The molecule has 0 aromatic heterocycles. The molecule has 7 heteroatoms. The Bertz CT molecular complexity index is 541. The number of sulfonamides is 1. The summed E-state index contributed by atoms with van der Waals surface area (Å²) in [6.07, 6.45) is 1.60. The van der Waals surface area contributed by atoms with Crippen LogP contribution in [0.5, 0.6) is 0 Å². The SMILES string of the molecule is COC(=O)C(CCCC=O)NS(=O)(=O)c1ccccc1. The van der Waals surface area contributed by atoms with Gasteiger partial charge < -0.3 is 9.53 Å². The van der Waals surface area contributed by atoms with Gasteiger partial charge in [-0.2, -0.15) is 4.72 Å². The fourth-order valence-corrected chi connectivity index (χ4v) is 2.87. The Balaban J connectivity index is 2.83. The molecule has 1 aromatic carbocycles. The minimum absolute atomic E-state index is 0.0734. The normalized spacial score (nSPS) is 12.7. The van der Waals surface area contributed by atoms with E-state index in [0.717, 1.165) is 6.29 Å². The summed E-state index contributed by atoms with van der Waals surface area (Å²) < 4.78 is 31.1. The van der Waals surface area contributed by atoms with E-state index >= 15 is 0 Å². The van der Waals surface area contributed by atoms with Crippen LogP contribution in [0.1, 0.15) is 19.3 Å². The molecule has 0 spiro atoms. The molecule has 1 atom stereocenters. The Hall–Kier alpha value is -1.73. The zero-order chi connectivity index (χ0) is 15.0. The maximum absolute atomic E-state index is 12.1. The van der Waals surface area contributed by atoms with Gasteiger partial charge in [-0.25, -0.2) is 8.42 Å². The number of aldehydes is 1. The van der Waals surface area contributed by atoms with Crippen LogP contribution in [0.4, 0.5) is 0 Å². The first-order valence-corrected chi connectivity index (χ1v) is 7.58. The second kappa shape index (κ2) is 7.76. The van der Waals surface area contributed by atoms with Crippen LogP contribution < -0.4 is 4.72 Å². The van der Waals surface area contributed by atoms with Gasteiger partial charge in [0, 0.05) is 6.42 Å². The molecule has 0 saturated heterocycles. The van der Waals surface area contributed by atoms with Crippen LogP contribution in [0.3, 0.4) is 0 Å². The maximum atomic E-state index is 12.1. The molecular formula is C13H17NO5S. The molecule has 1 aromatic rings. The number of hydrogen-bond acceptors (Lipinski definition) is 5. The zero-order valence-electron chi connectivity index (χ0n) is 11.1. The molecule has 6 nitrogen and oxygen atoms in total. The molecular weight excluding hydrogens is 282 g/mol. The molecule has 0 amide bonds. The lowest BCUT2D eigenvalue weighted by Crippen LogP contribution is -2.41. The van der Waals surface area contributed by atoms with Crippen LogP contribution >= 0.6 is 0 Å². The second-order valence-electron chi connectivity index (χ2n) is 4.11. The fourth-order valence-electron chi connectivity index (χ4n) is 1.63. The minimum Gasteiger partial charge on any atom is -0.468 e. The number of rotatable bonds is 8. The Kier molecular flexibility index (Phi) is 6.33. The smallest absolute Gasteiger partial charge is 0.323 e. The first-order valence-electron chi connectivity index (χ1n) is 6.10. The third kappa shape index (κ3) is 4.75. The summed E-state index contributed by atoms with van der Waals surface area (Å²) in [5.41, 5.74) is 0. The lowest BCUT2D eigenvalue weighted by atomic mass is 10.1. The number of unbranched alkanes of at least 4 members (excludes halogenated alkanes) is 1. The maximum Gasteiger partial charge on any atom is 0.323 e. The predicted octanol–water partition coefficient (Wildman–Crippen LogP) is 0.876. The molecule has 0 saturated carbocycles. The van der Waals surface area contributed by atoms with Crippen molar-refractivity contribution in [3.63, 3.8) is 0 Å². The van der Waals surface area contributed by atoms with Crippen LogP contribution in [0.15, 0.2) is 35.2 Å². The van der Waals surface area contributed by atoms with E-state index in [9.17, 15) is 18.0 Å². The van der Waals surface area contributed by atoms with Crippen molar-refractivity contribution in [3.8, 4) is 0 Å². The number of nitrogens with one attached hydrogen (secondary N) is 1. The molecule has 0 fully saturated rings. The lowest BCUT2D eigenvalue weighted by Gasteiger charge is -2.16. The van der Waals surface area contributed by atoms with Crippen molar-refractivity contribution in [3.05, 3.63) is 30.3 Å². The van der Waals surface area contributed by atoms with E-state index in [4.69, 9.17) is 0 Å². The molecule has 20 heavy (non-hydrogen) atoms. The van der Waals surface area contributed by atoms with E-state index < -0.39 is 22.0 Å². The highest BCUT2D eigenvalue weighted by molar-refractivity contribution is 7.89. The Morgan fingerprint density at radius 3 is 2.55 bits per heavy atom. The summed E-state index contributed by atoms with van der Waals surface area (Å²) in [5.74, 6) is -0.671. The Morgan fingerprint density at radius 1 is 1.35 bits per heavy atom. The molecule has 110 valence electrons. The van der Waals surface area contributed by atoms with Gasteiger partial charge >= 0.3 is 5.97 Å². The summed E-state index contributed by atoms with van der Waals surface area (Å²) in [5, 5.41) is 0. The van der Waals surface area contributed by atoms with Gasteiger partial charge in [-0.05, 0) is 25.0 Å². The molecule has 0 heterocycles. The molecule has 0 radical (unpaired) electrons. The molecule has 0 bridgehead atoms. The second-order valence-corrected chi connectivity index (χ2v) is 5.82. The van der Waals surface area contributed by atoms with Gasteiger partial charge in [0.2, 0.25) is 10.0 Å². The first kappa shape index (κ1) is 16.3. The van der Waals surface area contributed by atoms with Gasteiger partial charge in [0.15, 0.2) is 0 Å². The van der Waals surface area contributed by atoms with Crippen LogP contribution in [0.2, 0.25) is 0 Å². The van der Waals surface area contributed by atoms with Crippen molar-refractivity contribution in [2.24, 2.45) is 0 Å². The average molecular weight is 299 g/mol. The standard InChI is InChI=1S/C13H17NO5S/c1-19-13(16)12(9-5-6-10-15)14-20(17,18)11-7-3-2-4-8-11/h2-4,7-8,10,12,14H,5-6,9H2,1H3. The van der Waals surface area contributed by atoms with E-state index in [1.165, 1.54) is 19.2 Å². The van der Waals surface area contributed by atoms with Crippen molar-refractivity contribution >= 4 is 22.3 Å². The van der Waals surface area contributed by atoms with Gasteiger partial charge in [-0.15, -0.1) is 0 Å². The largest absolute Gasteiger partial charge is 0.468 e. The van der Waals surface area contributed by atoms with E-state index in [-0.39, 0.29) is 17.7 Å². The third-order valence-electron chi connectivity index (χ3n) is 2.65. The van der Waals surface area contributed by atoms with Crippen LogP contribution in [0.25, 0.3) is 0 Å². The molecule has 0 aliphatic rings. The monoisotopic (exact) mass is 299 g/mol. The van der Waals surface area contributed by atoms with E-state index in [1.54, 1.807) is 18.2 Å². The highest BCUT2D eigenvalue weighted by Gasteiger charge is 2.25. The van der Waals surface area contributed by atoms with E-state index in [0.29, 0.717) is 6.42 Å². The van der Waals surface area contributed by atoms with E-state index in [2.05, 4.69) is 9.46 Å². The number of ether oxygens (including phenoxy) is 1. The first-order chi connectivity index (χ1) is 9.51. The number of methoxy groups -OCH3 is 1. The topological polar surface area (TPSA) is 89.5 Å². The Labute approximate surface area is 118 Å². The molecule has 1 rings (SSSR count). The highest BCUT2D eigenvalue weighted by Crippen LogP contribution is 2.11. The van der Waals surface area contributed by atoms with Crippen molar-refractivity contribution < 1.29 is 22.7 Å². The summed E-state index contributed by atoms with van der Waals surface area (Å²) in [6.45, 7) is 0. The summed E-state index contributed by atoms with van der Waals surface area (Å²) in [6, 6.07) is 6.75. The average Bonchev–Trinajstić information content (AvgIpc) is 2.46. The summed E-state index contributed by atoms with van der Waals surface area (Å²) in [4.78, 5) is 21.9. The van der Waals surface area contributed by atoms with Crippen molar-refractivity contribution in [1.82, 2.24) is 4.72 Å². The summed E-state index contributed by atoms with van der Waals surface area (Å²) in [7, 11) is -2.60. The van der Waals surface area contributed by atoms with Crippen LogP contribution in [0, 0.1) is 0 Å².